The highest BCUT2D eigenvalue weighted by Crippen LogP contribution is 2.19. The Bertz CT molecular complexity index is 751. The molecule has 0 saturated carbocycles. The van der Waals surface area contributed by atoms with Crippen LogP contribution in [0.2, 0.25) is 0 Å². The monoisotopic (exact) mass is 340 g/mol. The summed E-state index contributed by atoms with van der Waals surface area (Å²) in [5, 5.41) is 7.13. The van der Waals surface area contributed by atoms with E-state index in [2.05, 4.69) is 10.2 Å². The molecule has 2 aromatic rings. The second kappa shape index (κ2) is 7.51. The van der Waals surface area contributed by atoms with Crippen molar-refractivity contribution >= 4 is 11.8 Å². The Balaban J connectivity index is 1.69. The summed E-state index contributed by atoms with van der Waals surface area (Å²) in [6.45, 7) is 6.43. The molecular weight excluding hydrogens is 316 g/mol. The zero-order valence-electron chi connectivity index (χ0n) is 14.8. The summed E-state index contributed by atoms with van der Waals surface area (Å²) in [6.07, 6.45) is 1.31. The van der Waals surface area contributed by atoms with E-state index in [0.717, 1.165) is 17.7 Å². The molecule has 6 nitrogen and oxygen atoms in total. The normalized spacial score (nSPS) is 15.1. The Hall–Kier alpha value is -2.63. The van der Waals surface area contributed by atoms with Crippen LogP contribution in [-0.4, -0.2) is 58.0 Å². The third-order valence-electron chi connectivity index (χ3n) is 4.59. The van der Waals surface area contributed by atoms with Gasteiger partial charge in [0.1, 0.15) is 5.69 Å². The number of hydrogen-bond acceptors (Lipinski definition) is 3. The lowest BCUT2D eigenvalue weighted by Gasteiger charge is -2.21. The number of aromatic amines is 1. The van der Waals surface area contributed by atoms with Gasteiger partial charge in [-0.05, 0) is 19.4 Å². The van der Waals surface area contributed by atoms with Crippen molar-refractivity contribution in [3.05, 3.63) is 41.6 Å². The molecule has 6 heteroatoms. The zero-order chi connectivity index (χ0) is 17.8. The molecule has 1 aromatic heterocycles. The molecule has 1 saturated heterocycles. The Labute approximate surface area is 147 Å². The van der Waals surface area contributed by atoms with E-state index in [4.69, 9.17) is 0 Å². The number of hydrogen-bond donors (Lipinski definition) is 1. The molecule has 132 valence electrons. The number of H-pyrrole nitrogens is 1. The van der Waals surface area contributed by atoms with Gasteiger partial charge in [0, 0.05) is 38.2 Å². The summed E-state index contributed by atoms with van der Waals surface area (Å²) in [6, 6.07) is 9.85. The quantitative estimate of drug-likeness (QED) is 0.933. The molecule has 2 heterocycles. The minimum atomic E-state index is -0.0586. The van der Waals surface area contributed by atoms with E-state index in [1.54, 1.807) is 11.0 Å². The van der Waals surface area contributed by atoms with Crippen molar-refractivity contribution in [1.29, 1.82) is 0 Å². The molecule has 25 heavy (non-hydrogen) atoms. The molecule has 0 aliphatic carbocycles. The van der Waals surface area contributed by atoms with Crippen LogP contribution in [0.1, 0.15) is 35.8 Å². The highest BCUT2D eigenvalue weighted by Gasteiger charge is 2.23. The predicted molar refractivity (Wildman–Crippen MR) is 96.2 cm³/mol. The molecule has 2 amide bonds. The molecule has 1 aromatic carbocycles. The van der Waals surface area contributed by atoms with E-state index in [0.29, 0.717) is 38.3 Å². The summed E-state index contributed by atoms with van der Waals surface area (Å²) in [7, 11) is 0. The third-order valence-corrected chi connectivity index (χ3v) is 4.59. The van der Waals surface area contributed by atoms with Crippen molar-refractivity contribution in [3.8, 4) is 11.3 Å². The van der Waals surface area contributed by atoms with Gasteiger partial charge in [-0.1, -0.05) is 36.8 Å². The number of amides is 2. The molecule has 3 rings (SSSR count). The van der Waals surface area contributed by atoms with Crippen molar-refractivity contribution < 1.29 is 9.59 Å². The van der Waals surface area contributed by atoms with Gasteiger partial charge in [-0.15, -0.1) is 0 Å². The van der Waals surface area contributed by atoms with Crippen molar-refractivity contribution in [2.24, 2.45) is 0 Å². The minimum absolute atomic E-state index is 0.0586. The summed E-state index contributed by atoms with van der Waals surface area (Å²) in [5.74, 6) is 0.0918. The molecular formula is C19H24N4O2. The Morgan fingerprint density at radius 2 is 1.76 bits per heavy atom. The number of rotatable bonds is 3. The fourth-order valence-electron chi connectivity index (χ4n) is 3.07. The standard InChI is InChI=1S/C19H24N4O2/c1-3-18(24)22-9-4-10-23(12-11-22)19(25)17-13-16(20-21-17)15-7-5-14(2)6-8-15/h5-8,13H,3-4,9-12H2,1-2H3,(H,20,21). The largest absolute Gasteiger partial charge is 0.341 e. The maximum absolute atomic E-state index is 12.7. The van der Waals surface area contributed by atoms with E-state index in [-0.39, 0.29) is 11.8 Å². The van der Waals surface area contributed by atoms with Gasteiger partial charge < -0.3 is 9.80 Å². The van der Waals surface area contributed by atoms with Gasteiger partial charge >= 0.3 is 0 Å². The zero-order valence-corrected chi connectivity index (χ0v) is 14.8. The average Bonchev–Trinajstić information content (AvgIpc) is 2.99. The lowest BCUT2D eigenvalue weighted by Crippen LogP contribution is -2.37. The lowest BCUT2D eigenvalue weighted by atomic mass is 10.1. The highest BCUT2D eigenvalue weighted by atomic mass is 16.2. The second-order valence-electron chi connectivity index (χ2n) is 6.41. The van der Waals surface area contributed by atoms with Crippen molar-refractivity contribution in [2.45, 2.75) is 26.7 Å². The third kappa shape index (κ3) is 3.90. The number of carbonyl (C=O) groups is 2. The summed E-state index contributed by atoms with van der Waals surface area (Å²) < 4.78 is 0. The van der Waals surface area contributed by atoms with Gasteiger partial charge in [0.15, 0.2) is 0 Å². The highest BCUT2D eigenvalue weighted by molar-refractivity contribution is 5.93. The number of aromatic nitrogens is 2. The first kappa shape index (κ1) is 17.2. The van der Waals surface area contributed by atoms with Gasteiger partial charge in [0.05, 0.1) is 5.69 Å². The van der Waals surface area contributed by atoms with E-state index < -0.39 is 0 Å². The summed E-state index contributed by atoms with van der Waals surface area (Å²) in [5.41, 5.74) is 3.43. The smallest absolute Gasteiger partial charge is 0.271 e. The maximum atomic E-state index is 12.7. The van der Waals surface area contributed by atoms with Gasteiger partial charge in [0.2, 0.25) is 5.91 Å². The van der Waals surface area contributed by atoms with E-state index in [1.807, 2.05) is 43.0 Å². The number of benzene rings is 1. The molecule has 1 aliphatic rings. The van der Waals surface area contributed by atoms with Crippen molar-refractivity contribution in [3.63, 3.8) is 0 Å². The molecule has 1 fully saturated rings. The van der Waals surface area contributed by atoms with E-state index in [9.17, 15) is 9.59 Å². The second-order valence-corrected chi connectivity index (χ2v) is 6.41. The Morgan fingerprint density at radius 3 is 2.48 bits per heavy atom. The molecule has 0 unspecified atom stereocenters. The Morgan fingerprint density at radius 1 is 1.08 bits per heavy atom. The first-order valence-corrected chi connectivity index (χ1v) is 8.78. The van der Waals surface area contributed by atoms with Crippen LogP contribution in [-0.2, 0) is 4.79 Å². The van der Waals surface area contributed by atoms with Gasteiger partial charge in [-0.2, -0.15) is 5.10 Å². The predicted octanol–water partition coefficient (Wildman–Crippen LogP) is 2.47. The molecule has 0 spiro atoms. The van der Waals surface area contributed by atoms with E-state index in [1.165, 1.54) is 5.56 Å². The van der Waals surface area contributed by atoms with Crippen LogP contribution in [0.25, 0.3) is 11.3 Å². The fraction of sp³-hybridized carbons (Fsp3) is 0.421. The van der Waals surface area contributed by atoms with Gasteiger partial charge in [0.25, 0.3) is 5.91 Å². The molecule has 1 aliphatic heterocycles. The van der Waals surface area contributed by atoms with Crippen LogP contribution in [0.15, 0.2) is 30.3 Å². The lowest BCUT2D eigenvalue weighted by molar-refractivity contribution is -0.130. The van der Waals surface area contributed by atoms with Gasteiger partial charge in [-0.25, -0.2) is 0 Å². The van der Waals surface area contributed by atoms with Crippen LogP contribution >= 0.6 is 0 Å². The number of nitrogens with one attached hydrogen (secondary N) is 1. The fourth-order valence-corrected chi connectivity index (χ4v) is 3.07. The van der Waals surface area contributed by atoms with Crippen LogP contribution in [0.3, 0.4) is 0 Å². The average molecular weight is 340 g/mol. The van der Waals surface area contributed by atoms with E-state index >= 15 is 0 Å². The molecule has 1 N–H and O–H groups in total. The SMILES string of the molecule is CCC(=O)N1CCCN(C(=O)c2cc(-c3ccc(C)cc3)n[nH]2)CC1. The van der Waals surface area contributed by atoms with Crippen molar-refractivity contribution in [2.75, 3.05) is 26.2 Å². The van der Waals surface area contributed by atoms with Crippen LogP contribution in [0.5, 0.6) is 0 Å². The van der Waals surface area contributed by atoms with Crippen LogP contribution in [0.4, 0.5) is 0 Å². The summed E-state index contributed by atoms with van der Waals surface area (Å²) in [4.78, 5) is 28.3. The molecule has 0 radical (unpaired) electrons. The first-order chi connectivity index (χ1) is 12.1. The molecule has 0 bridgehead atoms. The van der Waals surface area contributed by atoms with Crippen LogP contribution < -0.4 is 0 Å². The first-order valence-electron chi connectivity index (χ1n) is 8.78. The summed E-state index contributed by atoms with van der Waals surface area (Å²) >= 11 is 0. The molecule has 0 atom stereocenters. The Kier molecular flexibility index (Phi) is 5.16. The number of nitrogens with zero attached hydrogens (tertiary/aromatic N) is 3. The topological polar surface area (TPSA) is 69.3 Å². The number of aryl methyl sites for hydroxylation is 1. The van der Waals surface area contributed by atoms with Gasteiger partial charge in [-0.3, -0.25) is 14.7 Å². The van der Waals surface area contributed by atoms with Crippen LogP contribution in [0, 0.1) is 6.92 Å². The maximum Gasteiger partial charge on any atom is 0.271 e. The van der Waals surface area contributed by atoms with Crippen molar-refractivity contribution in [1.82, 2.24) is 20.0 Å². The number of carbonyl (C=O) groups excluding carboxylic acids is 2. The minimum Gasteiger partial charge on any atom is -0.341 e.